The lowest BCUT2D eigenvalue weighted by Gasteiger charge is -2.33. The minimum atomic E-state index is 0.731. The number of piperidine rings is 1. The normalized spacial score (nSPS) is 19.9. The number of nitrogens with zero attached hydrogens (tertiary/aromatic N) is 2. The molecule has 0 amide bonds. The predicted molar refractivity (Wildman–Crippen MR) is 67.4 cm³/mol. The van der Waals surface area contributed by atoms with Crippen molar-refractivity contribution in [2.45, 2.75) is 18.9 Å². The van der Waals surface area contributed by atoms with E-state index in [1.54, 1.807) is 0 Å². The molecular weight excluding hydrogens is 291 g/mol. The van der Waals surface area contributed by atoms with Gasteiger partial charge in [0.1, 0.15) is 0 Å². The van der Waals surface area contributed by atoms with Gasteiger partial charge in [-0.1, -0.05) is 6.58 Å². The molecule has 0 radical (unpaired) electrons. The molecule has 3 nitrogen and oxygen atoms in total. The van der Waals surface area contributed by atoms with Crippen molar-refractivity contribution >= 4 is 22.9 Å². The van der Waals surface area contributed by atoms with E-state index in [1.807, 2.05) is 0 Å². The average Bonchev–Trinajstić information content (AvgIpc) is 2.19. The van der Waals surface area contributed by atoms with Gasteiger partial charge < -0.3 is 4.74 Å². The topological polar surface area (TPSA) is 15.7 Å². The quantitative estimate of drug-likeness (QED) is 0.334. The highest BCUT2D eigenvalue weighted by Gasteiger charge is 2.20. The minimum absolute atomic E-state index is 0.731. The fourth-order valence-electron chi connectivity index (χ4n) is 1.74. The third kappa shape index (κ3) is 4.14. The Labute approximate surface area is 101 Å². The van der Waals surface area contributed by atoms with Crippen molar-refractivity contribution in [2.75, 3.05) is 33.3 Å². The molecule has 1 aliphatic heterocycles. The van der Waals surface area contributed by atoms with E-state index in [2.05, 4.69) is 44.5 Å². The van der Waals surface area contributed by atoms with Crippen molar-refractivity contribution in [2.24, 2.45) is 0 Å². The van der Waals surface area contributed by atoms with Gasteiger partial charge in [0.2, 0.25) is 0 Å². The van der Waals surface area contributed by atoms with Gasteiger partial charge in [0.25, 0.3) is 0 Å². The molecule has 82 valence electrons. The molecular formula is C10H19IN2O. The lowest BCUT2D eigenvalue weighted by molar-refractivity contribution is 0.136. The third-order valence-electron chi connectivity index (χ3n) is 2.71. The fraction of sp³-hybridized carbons (Fsp3) is 0.800. The van der Waals surface area contributed by atoms with Crippen molar-refractivity contribution in [3.63, 3.8) is 0 Å². The first kappa shape index (κ1) is 12.3. The van der Waals surface area contributed by atoms with Crippen LogP contribution in [0.15, 0.2) is 12.8 Å². The van der Waals surface area contributed by atoms with Crippen LogP contribution in [0.2, 0.25) is 0 Å². The minimum Gasteiger partial charge on any atom is -0.500 e. The van der Waals surface area contributed by atoms with Gasteiger partial charge in [0.05, 0.1) is 12.9 Å². The molecule has 0 aromatic heterocycles. The Morgan fingerprint density at radius 3 is 2.79 bits per heavy atom. The second-order valence-electron chi connectivity index (χ2n) is 3.66. The summed E-state index contributed by atoms with van der Waals surface area (Å²) in [7, 11) is 2.18. The Balaban J connectivity index is 2.16. The molecule has 0 N–H and O–H groups in total. The lowest BCUT2D eigenvalue weighted by atomic mass is 10.1. The zero-order valence-electron chi connectivity index (χ0n) is 8.79. The monoisotopic (exact) mass is 310 g/mol. The fourth-order valence-corrected chi connectivity index (χ4v) is 2.29. The molecule has 1 saturated heterocycles. The van der Waals surface area contributed by atoms with Crippen LogP contribution in [0.4, 0.5) is 0 Å². The predicted octanol–water partition coefficient (Wildman–Crippen LogP) is 1.89. The van der Waals surface area contributed by atoms with Crippen LogP contribution in [-0.2, 0) is 4.74 Å². The van der Waals surface area contributed by atoms with Crippen molar-refractivity contribution in [3.05, 3.63) is 12.8 Å². The summed E-state index contributed by atoms with van der Waals surface area (Å²) in [4.78, 5) is 2.40. The van der Waals surface area contributed by atoms with E-state index in [0.29, 0.717) is 0 Å². The summed E-state index contributed by atoms with van der Waals surface area (Å²) in [5.74, 6) is 0. The van der Waals surface area contributed by atoms with Crippen molar-refractivity contribution in [3.8, 4) is 0 Å². The maximum atomic E-state index is 5.13. The molecule has 14 heavy (non-hydrogen) atoms. The van der Waals surface area contributed by atoms with Gasteiger partial charge in [-0.25, -0.2) is 3.11 Å². The van der Waals surface area contributed by atoms with Gasteiger partial charge in [-0.15, -0.1) is 0 Å². The number of halogens is 1. The summed E-state index contributed by atoms with van der Waals surface area (Å²) in [5.41, 5.74) is 0. The van der Waals surface area contributed by atoms with E-state index in [0.717, 1.165) is 19.2 Å². The third-order valence-corrected chi connectivity index (χ3v) is 3.68. The summed E-state index contributed by atoms with van der Waals surface area (Å²) in [5, 5.41) is 0. The second-order valence-corrected chi connectivity index (χ2v) is 5.02. The van der Waals surface area contributed by atoms with Crippen LogP contribution < -0.4 is 0 Å². The van der Waals surface area contributed by atoms with Gasteiger partial charge in [0, 0.05) is 48.5 Å². The summed E-state index contributed by atoms with van der Waals surface area (Å²) >= 11 is 2.40. The highest BCUT2D eigenvalue weighted by atomic mass is 127. The van der Waals surface area contributed by atoms with Crippen LogP contribution in [0.1, 0.15) is 12.8 Å². The number of hydrogen-bond acceptors (Lipinski definition) is 3. The summed E-state index contributed by atoms with van der Waals surface area (Å²) in [6.45, 7) is 7.70. The SMILES string of the molecule is C=COCCN(C)C1CCN(I)CC1. The van der Waals surface area contributed by atoms with Gasteiger partial charge in [-0.2, -0.15) is 0 Å². The van der Waals surface area contributed by atoms with Gasteiger partial charge in [-0.3, -0.25) is 4.90 Å². The first-order valence-electron chi connectivity index (χ1n) is 5.07. The molecule has 0 atom stereocenters. The van der Waals surface area contributed by atoms with E-state index in [4.69, 9.17) is 4.74 Å². The zero-order valence-corrected chi connectivity index (χ0v) is 10.9. The first-order chi connectivity index (χ1) is 6.74. The Kier molecular flexibility index (Phi) is 5.81. The van der Waals surface area contributed by atoms with Gasteiger partial charge in [0.15, 0.2) is 0 Å². The Morgan fingerprint density at radius 1 is 1.57 bits per heavy atom. The first-order valence-corrected chi connectivity index (χ1v) is 6.04. The number of rotatable bonds is 5. The zero-order chi connectivity index (χ0) is 10.4. The van der Waals surface area contributed by atoms with E-state index in [9.17, 15) is 0 Å². The van der Waals surface area contributed by atoms with Gasteiger partial charge in [-0.05, 0) is 19.9 Å². The van der Waals surface area contributed by atoms with Crippen molar-refractivity contribution in [1.82, 2.24) is 8.01 Å². The maximum absolute atomic E-state index is 5.13. The van der Waals surface area contributed by atoms with E-state index in [1.165, 1.54) is 32.2 Å². The molecule has 0 aromatic carbocycles. The Bertz CT molecular complexity index is 170. The molecule has 1 aliphatic rings. The molecule has 0 spiro atoms. The van der Waals surface area contributed by atoms with Crippen LogP contribution in [-0.4, -0.2) is 47.3 Å². The molecule has 0 bridgehead atoms. The van der Waals surface area contributed by atoms with Crippen LogP contribution >= 0.6 is 22.9 Å². The van der Waals surface area contributed by atoms with Crippen LogP contribution in [0.25, 0.3) is 0 Å². The molecule has 1 fully saturated rings. The average molecular weight is 310 g/mol. The molecule has 0 aliphatic carbocycles. The second kappa shape index (κ2) is 6.63. The largest absolute Gasteiger partial charge is 0.500 e. The van der Waals surface area contributed by atoms with E-state index < -0.39 is 0 Å². The molecule has 1 heterocycles. The summed E-state index contributed by atoms with van der Waals surface area (Å²) < 4.78 is 7.49. The van der Waals surface area contributed by atoms with Gasteiger partial charge >= 0.3 is 0 Å². The summed E-state index contributed by atoms with van der Waals surface area (Å²) in [6, 6.07) is 0.731. The Morgan fingerprint density at radius 2 is 2.21 bits per heavy atom. The summed E-state index contributed by atoms with van der Waals surface area (Å²) in [6.07, 6.45) is 4.06. The molecule has 0 saturated carbocycles. The number of likely N-dealkylation sites (N-methyl/N-ethyl adjacent to an activating group) is 1. The molecule has 0 aromatic rings. The van der Waals surface area contributed by atoms with Crippen molar-refractivity contribution < 1.29 is 4.74 Å². The molecule has 4 heteroatoms. The highest BCUT2D eigenvalue weighted by Crippen LogP contribution is 2.17. The smallest absolute Gasteiger partial charge is 0.0999 e. The van der Waals surface area contributed by atoms with Crippen LogP contribution in [0, 0.1) is 0 Å². The maximum Gasteiger partial charge on any atom is 0.0999 e. The van der Waals surface area contributed by atoms with Crippen molar-refractivity contribution in [1.29, 1.82) is 0 Å². The standard InChI is InChI=1S/C10H19IN2O/c1-3-14-9-8-12(2)10-4-6-13(11)7-5-10/h3,10H,1,4-9H2,2H3. The number of hydrogen-bond donors (Lipinski definition) is 0. The molecule has 1 rings (SSSR count). The lowest BCUT2D eigenvalue weighted by Crippen LogP contribution is -2.41. The van der Waals surface area contributed by atoms with E-state index >= 15 is 0 Å². The highest BCUT2D eigenvalue weighted by molar-refractivity contribution is 14.1. The van der Waals surface area contributed by atoms with Crippen LogP contribution in [0.5, 0.6) is 0 Å². The van der Waals surface area contributed by atoms with E-state index in [-0.39, 0.29) is 0 Å². The van der Waals surface area contributed by atoms with Crippen LogP contribution in [0.3, 0.4) is 0 Å². The Hall–Kier alpha value is 0.190. The molecule has 0 unspecified atom stereocenters. The number of ether oxygens (including phenoxy) is 1.